The third-order valence-electron chi connectivity index (χ3n) is 1.82. The van der Waals surface area contributed by atoms with Crippen molar-refractivity contribution in [2.24, 2.45) is 0 Å². The molecule has 4 heteroatoms. The molecule has 0 fully saturated rings. The summed E-state index contributed by atoms with van der Waals surface area (Å²) in [5, 5.41) is 0. The predicted octanol–water partition coefficient (Wildman–Crippen LogP) is 1.86. The summed E-state index contributed by atoms with van der Waals surface area (Å²) >= 11 is 0. The Kier molecular flexibility index (Phi) is 2.10. The van der Waals surface area contributed by atoms with Crippen molar-refractivity contribution < 1.29 is 4.39 Å². The molecule has 0 atom stereocenters. The minimum atomic E-state index is -0.449. The second-order valence-corrected chi connectivity index (χ2v) is 2.81. The van der Waals surface area contributed by atoms with Gasteiger partial charge in [-0.15, -0.1) is 0 Å². The van der Waals surface area contributed by atoms with Crippen molar-refractivity contribution in [3.05, 3.63) is 42.5 Å². The molecule has 3 nitrogen and oxygen atoms in total. The van der Waals surface area contributed by atoms with Gasteiger partial charge in [-0.2, -0.15) is 0 Å². The average Bonchev–Trinajstić information content (AvgIpc) is 2.23. The lowest BCUT2D eigenvalue weighted by Crippen LogP contribution is -1.92. The van der Waals surface area contributed by atoms with Crippen molar-refractivity contribution in [2.45, 2.75) is 0 Å². The first-order valence-corrected chi connectivity index (χ1v) is 4.10. The van der Waals surface area contributed by atoms with Gasteiger partial charge in [0.2, 0.25) is 0 Å². The molecular formula is C10H8FN3. The molecule has 0 radical (unpaired) electrons. The topological polar surface area (TPSA) is 51.8 Å². The van der Waals surface area contributed by atoms with E-state index in [1.807, 2.05) is 0 Å². The molecule has 0 aliphatic rings. The lowest BCUT2D eigenvalue weighted by atomic mass is 10.2. The van der Waals surface area contributed by atoms with Crippen LogP contribution >= 0.6 is 0 Å². The minimum Gasteiger partial charge on any atom is -0.396 e. The van der Waals surface area contributed by atoms with Gasteiger partial charge in [0.25, 0.3) is 0 Å². The van der Waals surface area contributed by atoms with Crippen LogP contribution in [0.25, 0.3) is 11.4 Å². The van der Waals surface area contributed by atoms with E-state index in [2.05, 4.69) is 9.97 Å². The number of aromatic nitrogens is 2. The summed E-state index contributed by atoms with van der Waals surface area (Å²) < 4.78 is 13.1. The summed E-state index contributed by atoms with van der Waals surface area (Å²) in [6.07, 6.45) is 3.22. The maximum Gasteiger partial charge on any atom is 0.159 e. The zero-order valence-electron chi connectivity index (χ0n) is 7.31. The number of benzene rings is 1. The smallest absolute Gasteiger partial charge is 0.159 e. The Hall–Kier alpha value is -1.97. The molecule has 0 saturated carbocycles. The van der Waals surface area contributed by atoms with E-state index in [0.29, 0.717) is 11.4 Å². The summed E-state index contributed by atoms with van der Waals surface area (Å²) in [5.41, 5.74) is 6.10. The Labute approximate surface area is 80.4 Å². The summed E-state index contributed by atoms with van der Waals surface area (Å²) in [4.78, 5) is 8.00. The molecule has 14 heavy (non-hydrogen) atoms. The molecule has 1 aromatic heterocycles. The maximum atomic E-state index is 13.1. The number of halogens is 1. The second-order valence-electron chi connectivity index (χ2n) is 2.81. The number of nitrogens with two attached hydrogens (primary N) is 1. The van der Waals surface area contributed by atoms with Crippen molar-refractivity contribution in [3.8, 4) is 11.4 Å². The lowest BCUT2D eigenvalue weighted by molar-refractivity contribution is 0.633. The largest absolute Gasteiger partial charge is 0.396 e. The molecule has 0 unspecified atom stereocenters. The highest BCUT2D eigenvalue weighted by molar-refractivity contribution is 5.58. The van der Waals surface area contributed by atoms with Crippen LogP contribution < -0.4 is 5.73 Å². The van der Waals surface area contributed by atoms with Crippen LogP contribution in [0.15, 0.2) is 36.7 Å². The SMILES string of the molecule is Nc1ccc(-c2ncccn2)cc1F. The molecule has 1 aromatic carbocycles. The van der Waals surface area contributed by atoms with Gasteiger partial charge in [0.05, 0.1) is 5.69 Å². The van der Waals surface area contributed by atoms with Gasteiger partial charge in [0.15, 0.2) is 5.82 Å². The van der Waals surface area contributed by atoms with Gasteiger partial charge in [0, 0.05) is 18.0 Å². The summed E-state index contributed by atoms with van der Waals surface area (Å²) in [6.45, 7) is 0. The fourth-order valence-electron chi connectivity index (χ4n) is 1.11. The van der Waals surface area contributed by atoms with E-state index in [-0.39, 0.29) is 5.69 Å². The third-order valence-corrected chi connectivity index (χ3v) is 1.82. The number of anilines is 1. The number of rotatable bonds is 1. The van der Waals surface area contributed by atoms with Gasteiger partial charge >= 0.3 is 0 Å². The lowest BCUT2D eigenvalue weighted by Gasteiger charge is -2.00. The first-order chi connectivity index (χ1) is 6.77. The van der Waals surface area contributed by atoms with Crippen molar-refractivity contribution in [2.75, 3.05) is 5.73 Å². The van der Waals surface area contributed by atoms with Crippen molar-refractivity contribution in [1.29, 1.82) is 0 Å². The first kappa shape index (κ1) is 8.62. The van der Waals surface area contributed by atoms with E-state index in [1.54, 1.807) is 24.5 Å². The predicted molar refractivity (Wildman–Crippen MR) is 51.8 cm³/mol. The molecule has 0 saturated heterocycles. The molecule has 2 rings (SSSR count). The fourth-order valence-corrected chi connectivity index (χ4v) is 1.11. The normalized spacial score (nSPS) is 10.1. The van der Waals surface area contributed by atoms with Gasteiger partial charge in [-0.1, -0.05) is 0 Å². The van der Waals surface area contributed by atoms with Crippen molar-refractivity contribution in [1.82, 2.24) is 9.97 Å². The quantitative estimate of drug-likeness (QED) is 0.696. The molecular weight excluding hydrogens is 181 g/mol. The van der Waals surface area contributed by atoms with Gasteiger partial charge < -0.3 is 5.73 Å². The Bertz CT molecular complexity index is 442. The molecule has 0 amide bonds. The van der Waals surface area contributed by atoms with E-state index < -0.39 is 5.82 Å². The molecule has 0 spiro atoms. The van der Waals surface area contributed by atoms with Crippen LogP contribution in [0.1, 0.15) is 0 Å². The van der Waals surface area contributed by atoms with Crippen LogP contribution in [-0.2, 0) is 0 Å². The third kappa shape index (κ3) is 1.54. The number of nitrogens with zero attached hydrogens (tertiary/aromatic N) is 2. The van der Waals surface area contributed by atoms with Gasteiger partial charge in [0.1, 0.15) is 5.82 Å². The second kappa shape index (κ2) is 3.41. The van der Waals surface area contributed by atoms with Crippen LogP contribution in [-0.4, -0.2) is 9.97 Å². The highest BCUT2D eigenvalue weighted by Crippen LogP contribution is 2.18. The highest BCUT2D eigenvalue weighted by Gasteiger charge is 2.03. The molecule has 2 N–H and O–H groups in total. The van der Waals surface area contributed by atoms with Crippen LogP contribution in [0.3, 0.4) is 0 Å². The van der Waals surface area contributed by atoms with E-state index in [1.165, 1.54) is 12.1 Å². The first-order valence-electron chi connectivity index (χ1n) is 4.10. The zero-order valence-corrected chi connectivity index (χ0v) is 7.31. The Morgan fingerprint density at radius 1 is 1.14 bits per heavy atom. The van der Waals surface area contributed by atoms with Gasteiger partial charge in [-0.3, -0.25) is 0 Å². The van der Waals surface area contributed by atoms with E-state index in [0.717, 1.165) is 0 Å². The molecule has 0 bridgehead atoms. The minimum absolute atomic E-state index is 0.129. The monoisotopic (exact) mass is 189 g/mol. The van der Waals surface area contributed by atoms with Gasteiger partial charge in [-0.25, -0.2) is 14.4 Å². The van der Waals surface area contributed by atoms with Crippen LogP contribution in [0.5, 0.6) is 0 Å². The number of nitrogen functional groups attached to an aromatic ring is 1. The van der Waals surface area contributed by atoms with Crippen molar-refractivity contribution in [3.63, 3.8) is 0 Å². The van der Waals surface area contributed by atoms with Crippen LogP contribution in [0, 0.1) is 5.82 Å². The molecule has 70 valence electrons. The fraction of sp³-hybridized carbons (Fsp3) is 0. The van der Waals surface area contributed by atoms with Crippen molar-refractivity contribution >= 4 is 5.69 Å². The maximum absolute atomic E-state index is 13.1. The number of hydrogen-bond acceptors (Lipinski definition) is 3. The Morgan fingerprint density at radius 2 is 1.86 bits per heavy atom. The Morgan fingerprint density at radius 3 is 2.50 bits per heavy atom. The summed E-state index contributed by atoms with van der Waals surface area (Å²) in [7, 11) is 0. The zero-order chi connectivity index (χ0) is 9.97. The summed E-state index contributed by atoms with van der Waals surface area (Å²) in [5.74, 6) is 0.0429. The highest BCUT2D eigenvalue weighted by atomic mass is 19.1. The molecule has 0 aliphatic carbocycles. The van der Waals surface area contributed by atoms with E-state index in [4.69, 9.17) is 5.73 Å². The molecule has 1 heterocycles. The molecule has 0 aliphatic heterocycles. The van der Waals surface area contributed by atoms with Crippen LogP contribution in [0.4, 0.5) is 10.1 Å². The standard InChI is InChI=1S/C10H8FN3/c11-8-6-7(2-3-9(8)12)10-13-4-1-5-14-10/h1-6H,12H2. The Balaban J connectivity index is 2.48. The summed E-state index contributed by atoms with van der Waals surface area (Å²) in [6, 6.07) is 6.22. The van der Waals surface area contributed by atoms with E-state index in [9.17, 15) is 4.39 Å². The van der Waals surface area contributed by atoms with Gasteiger partial charge in [-0.05, 0) is 24.3 Å². The van der Waals surface area contributed by atoms with Crippen LogP contribution in [0.2, 0.25) is 0 Å². The number of hydrogen-bond donors (Lipinski definition) is 1. The molecule has 2 aromatic rings. The average molecular weight is 189 g/mol. The van der Waals surface area contributed by atoms with E-state index >= 15 is 0 Å².